The lowest BCUT2D eigenvalue weighted by Crippen LogP contribution is -2.39. The third-order valence-corrected chi connectivity index (χ3v) is 3.71. The first-order valence-corrected chi connectivity index (χ1v) is 6.31. The van der Waals surface area contributed by atoms with Gasteiger partial charge in [-0.1, -0.05) is 0 Å². The average Bonchev–Trinajstić information content (AvgIpc) is 2.63. The molecule has 1 aliphatic heterocycles. The summed E-state index contributed by atoms with van der Waals surface area (Å²) in [6.07, 6.45) is 1.62. The monoisotopic (exact) mass is 251 g/mol. The van der Waals surface area contributed by atoms with E-state index in [2.05, 4.69) is 10.00 Å². The average molecular weight is 251 g/mol. The molecular weight excluding hydrogens is 230 g/mol. The minimum absolute atomic E-state index is 0.0110. The lowest BCUT2D eigenvalue weighted by Gasteiger charge is -2.32. The van der Waals surface area contributed by atoms with Crippen LogP contribution in [0.2, 0.25) is 0 Å². The number of anilines is 1. The van der Waals surface area contributed by atoms with Crippen molar-refractivity contribution in [2.75, 3.05) is 18.0 Å². The number of amides is 1. The van der Waals surface area contributed by atoms with Crippen LogP contribution in [0.1, 0.15) is 24.1 Å². The van der Waals surface area contributed by atoms with Gasteiger partial charge in [0, 0.05) is 38.2 Å². The van der Waals surface area contributed by atoms with E-state index in [1.807, 2.05) is 18.7 Å². The molecule has 6 heteroatoms. The van der Waals surface area contributed by atoms with Gasteiger partial charge in [0.1, 0.15) is 5.82 Å². The standard InChI is InChI=1S/C12H21N5O/c1-8-10(7-13)12(16(2)15-8)17-5-3-9(4-6-17)11(14)18/h9H,3-7,13H2,1-2H3,(H2,14,18). The van der Waals surface area contributed by atoms with Crippen LogP contribution in [0.3, 0.4) is 0 Å². The van der Waals surface area contributed by atoms with Crippen molar-refractivity contribution in [1.82, 2.24) is 9.78 Å². The first-order chi connectivity index (χ1) is 8.54. The van der Waals surface area contributed by atoms with Gasteiger partial charge in [-0.3, -0.25) is 9.48 Å². The molecule has 0 atom stereocenters. The van der Waals surface area contributed by atoms with Crippen molar-refractivity contribution in [1.29, 1.82) is 0 Å². The van der Waals surface area contributed by atoms with E-state index < -0.39 is 0 Å². The summed E-state index contributed by atoms with van der Waals surface area (Å²) in [5, 5.41) is 4.41. The Hall–Kier alpha value is -1.56. The maximum absolute atomic E-state index is 11.2. The second kappa shape index (κ2) is 4.97. The predicted molar refractivity (Wildman–Crippen MR) is 70.0 cm³/mol. The molecule has 2 rings (SSSR count). The molecule has 1 aromatic rings. The molecule has 1 aromatic heterocycles. The lowest BCUT2D eigenvalue weighted by atomic mass is 9.96. The van der Waals surface area contributed by atoms with E-state index in [0.29, 0.717) is 6.54 Å². The Bertz CT molecular complexity index is 446. The topological polar surface area (TPSA) is 90.2 Å². The smallest absolute Gasteiger partial charge is 0.220 e. The molecule has 6 nitrogen and oxygen atoms in total. The van der Waals surface area contributed by atoms with Gasteiger partial charge in [0.05, 0.1) is 5.69 Å². The van der Waals surface area contributed by atoms with Gasteiger partial charge >= 0.3 is 0 Å². The molecule has 1 fully saturated rings. The third kappa shape index (κ3) is 2.20. The fourth-order valence-corrected chi connectivity index (χ4v) is 2.70. The molecule has 1 aliphatic rings. The molecular formula is C12H21N5O. The molecule has 0 saturated carbocycles. The molecule has 1 amide bonds. The molecule has 4 N–H and O–H groups in total. The highest BCUT2D eigenvalue weighted by atomic mass is 16.1. The van der Waals surface area contributed by atoms with Gasteiger partial charge in [0.25, 0.3) is 0 Å². The molecule has 18 heavy (non-hydrogen) atoms. The number of nitrogens with zero attached hydrogens (tertiary/aromatic N) is 3. The Morgan fingerprint density at radius 2 is 2.06 bits per heavy atom. The zero-order chi connectivity index (χ0) is 13.3. The highest BCUT2D eigenvalue weighted by Crippen LogP contribution is 2.27. The van der Waals surface area contributed by atoms with Crippen molar-refractivity contribution < 1.29 is 4.79 Å². The minimum Gasteiger partial charge on any atom is -0.369 e. The predicted octanol–water partition coefficient (Wildman–Crippen LogP) is -0.111. The summed E-state index contributed by atoms with van der Waals surface area (Å²) in [5.74, 6) is 0.907. The Kier molecular flexibility index (Phi) is 3.56. The number of piperidine rings is 1. The summed E-state index contributed by atoms with van der Waals surface area (Å²) in [6, 6.07) is 0. The van der Waals surface area contributed by atoms with Crippen molar-refractivity contribution in [2.24, 2.45) is 24.4 Å². The zero-order valence-electron chi connectivity index (χ0n) is 11.0. The molecule has 0 aromatic carbocycles. The van der Waals surface area contributed by atoms with Crippen LogP contribution in [0.4, 0.5) is 5.82 Å². The van der Waals surface area contributed by atoms with E-state index in [4.69, 9.17) is 11.5 Å². The van der Waals surface area contributed by atoms with Gasteiger partial charge in [-0.25, -0.2) is 0 Å². The second-order valence-electron chi connectivity index (χ2n) is 4.88. The van der Waals surface area contributed by atoms with E-state index in [0.717, 1.165) is 43.0 Å². The van der Waals surface area contributed by atoms with E-state index in [1.54, 1.807) is 0 Å². The quantitative estimate of drug-likeness (QED) is 0.784. The summed E-state index contributed by atoms with van der Waals surface area (Å²) < 4.78 is 1.88. The van der Waals surface area contributed by atoms with Gasteiger partial charge in [0.2, 0.25) is 5.91 Å². The summed E-state index contributed by atoms with van der Waals surface area (Å²) in [7, 11) is 1.93. The van der Waals surface area contributed by atoms with Crippen molar-refractivity contribution in [2.45, 2.75) is 26.3 Å². The zero-order valence-corrected chi connectivity index (χ0v) is 11.0. The van der Waals surface area contributed by atoms with E-state index >= 15 is 0 Å². The van der Waals surface area contributed by atoms with Crippen LogP contribution in [0.15, 0.2) is 0 Å². The Morgan fingerprint density at radius 3 is 2.56 bits per heavy atom. The van der Waals surface area contributed by atoms with Gasteiger partial charge < -0.3 is 16.4 Å². The fraction of sp³-hybridized carbons (Fsp3) is 0.667. The van der Waals surface area contributed by atoms with Gasteiger partial charge in [-0.05, 0) is 19.8 Å². The lowest BCUT2D eigenvalue weighted by molar-refractivity contribution is -0.122. The molecule has 2 heterocycles. The Morgan fingerprint density at radius 1 is 1.44 bits per heavy atom. The molecule has 0 unspecified atom stereocenters. The maximum Gasteiger partial charge on any atom is 0.220 e. The minimum atomic E-state index is -0.185. The van der Waals surface area contributed by atoms with E-state index in [-0.39, 0.29) is 11.8 Å². The Balaban J connectivity index is 2.17. The number of rotatable bonds is 3. The van der Waals surface area contributed by atoms with Crippen LogP contribution in [0, 0.1) is 12.8 Å². The van der Waals surface area contributed by atoms with Crippen molar-refractivity contribution in [3.05, 3.63) is 11.3 Å². The van der Waals surface area contributed by atoms with Crippen molar-refractivity contribution in [3.63, 3.8) is 0 Å². The van der Waals surface area contributed by atoms with Crippen molar-refractivity contribution in [3.8, 4) is 0 Å². The molecule has 0 spiro atoms. The van der Waals surface area contributed by atoms with Crippen LogP contribution >= 0.6 is 0 Å². The number of aryl methyl sites for hydroxylation is 2. The van der Waals surface area contributed by atoms with E-state index in [1.165, 1.54) is 0 Å². The number of hydrogen-bond donors (Lipinski definition) is 2. The number of nitrogens with two attached hydrogens (primary N) is 2. The van der Waals surface area contributed by atoms with Crippen LogP contribution in [0.5, 0.6) is 0 Å². The van der Waals surface area contributed by atoms with Crippen LogP contribution < -0.4 is 16.4 Å². The molecule has 100 valence electrons. The third-order valence-electron chi connectivity index (χ3n) is 3.71. The summed E-state index contributed by atoms with van der Waals surface area (Å²) >= 11 is 0. The first kappa shape index (κ1) is 12.9. The number of primary amides is 1. The molecule has 0 radical (unpaired) electrons. The van der Waals surface area contributed by atoms with E-state index in [9.17, 15) is 4.79 Å². The van der Waals surface area contributed by atoms with Crippen LogP contribution in [-0.4, -0.2) is 28.8 Å². The highest BCUT2D eigenvalue weighted by Gasteiger charge is 2.26. The summed E-state index contributed by atoms with van der Waals surface area (Å²) in [5.41, 5.74) is 13.2. The normalized spacial score (nSPS) is 17.2. The SMILES string of the molecule is Cc1nn(C)c(N2CCC(C(N)=O)CC2)c1CN. The summed E-state index contributed by atoms with van der Waals surface area (Å²) in [4.78, 5) is 13.4. The highest BCUT2D eigenvalue weighted by molar-refractivity contribution is 5.77. The van der Waals surface area contributed by atoms with Crippen LogP contribution in [0.25, 0.3) is 0 Å². The number of carbonyl (C=O) groups is 1. The van der Waals surface area contributed by atoms with Gasteiger partial charge in [-0.2, -0.15) is 5.10 Å². The maximum atomic E-state index is 11.2. The number of aromatic nitrogens is 2. The second-order valence-corrected chi connectivity index (χ2v) is 4.88. The first-order valence-electron chi connectivity index (χ1n) is 6.31. The van der Waals surface area contributed by atoms with Gasteiger partial charge in [0.15, 0.2) is 0 Å². The van der Waals surface area contributed by atoms with Crippen LogP contribution in [-0.2, 0) is 18.4 Å². The molecule has 0 bridgehead atoms. The Labute approximate surface area is 107 Å². The van der Waals surface area contributed by atoms with Crippen molar-refractivity contribution >= 4 is 11.7 Å². The number of hydrogen-bond acceptors (Lipinski definition) is 4. The molecule has 0 aliphatic carbocycles. The molecule has 1 saturated heterocycles. The number of carbonyl (C=O) groups excluding carboxylic acids is 1. The fourth-order valence-electron chi connectivity index (χ4n) is 2.70. The largest absolute Gasteiger partial charge is 0.369 e. The summed E-state index contributed by atoms with van der Waals surface area (Å²) in [6.45, 7) is 4.13. The van der Waals surface area contributed by atoms with Gasteiger partial charge in [-0.15, -0.1) is 0 Å².